The van der Waals surface area contributed by atoms with Crippen molar-refractivity contribution in [3.05, 3.63) is 53.6 Å². The first kappa shape index (κ1) is 19.9. The van der Waals surface area contributed by atoms with E-state index in [2.05, 4.69) is 41.4 Å². The van der Waals surface area contributed by atoms with E-state index >= 15 is 0 Å². The van der Waals surface area contributed by atoms with Crippen molar-refractivity contribution >= 4 is 11.7 Å². The summed E-state index contributed by atoms with van der Waals surface area (Å²) in [5, 5.41) is 3.03. The summed E-state index contributed by atoms with van der Waals surface area (Å²) >= 11 is 0. The van der Waals surface area contributed by atoms with Gasteiger partial charge in [0.1, 0.15) is 11.5 Å². The lowest BCUT2D eigenvalue weighted by Gasteiger charge is -2.36. The van der Waals surface area contributed by atoms with Gasteiger partial charge in [0.2, 0.25) is 0 Å². The van der Waals surface area contributed by atoms with E-state index < -0.39 is 0 Å². The molecule has 0 saturated carbocycles. The van der Waals surface area contributed by atoms with Crippen LogP contribution in [0.3, 0.4) is 0 Å². The van der Waals surface area contributed by atoms with Crippen molar-refractivity contribution in [2.45, 2.75) is 13.3 Å². The first-order valence-electron chi connectivity index (χ1n) is 9.66. The summed E-state index contributed by atoms with van der Waals surface area (Å²) in [4.78, 5) is 16.7. The summed E-state index contributed by atoms with van der Waals surface area (Å²) < 4.78 is 10.7. The van der Waals surface area contributed by atoms with E-state index in [0.717, 1.165) is 43.2 Å². The van der Waals surface area contributed by atoms with Gasteiger partial charge in [-0.25, -0.2) is 4.79 Å². The normalized spacial score (nSPS) is 14.0. The number of hydrogen-bond acceptors (Lipinski definition) is 4. The molecule has 1 saturated heterocycles. The molecule has 0 aliphatic carbocycles. The summed E-state index contributed by atoms with van der Waals surface area (Å²) in [6.45, 7) is 5.80. The molecule has 0 radical (unpaired) electrons. The van der Waals surface area contributed by atoms with E-state index in [1.807, 2.05) is 23.1 Å². The summed E-state index contributed by atoms with van der Waals surface area (Å²) in [5.74, 6) is 1.59. The lowest BCUT2D eigenvalue weighted by Crippen LogP contribution is -2.52. The van der Waals surface area contributed by atoms with Gasteiger partial charge in [0.25, 0.3) is 0 Å². The van der Waals surface area contributed by atoms with Gasteiger partial charge >= 0.3 is 6.03 Å². The Morgan fingerprint density at radius 2 is 1.82 bits per heavy atom. The van der Waals surface area contributed by atoms with Gasteiger partial charge in [-0.2, -0.15) is 0 Å². The molecule has 1 heterocycles. The molecule has 28 heavy (non-hydrogen) atoms. The van der Waals surface area contributed by atoms with E-state index in [0.29, 0.717) is 13.0 Å². The summed E-state index contributed by atoms with van der Waals surface area (Å²) in [6.07, 6.45) is 0.690. The smallest absolute Gasteiger partial charge is 0.317 e. The molecule has 0 bridgehead atoms. The lowest BCUT2D eigenvalue weighted by molar-refractivity contribution is 0.194. The van der Waals surface area contributed by atoms with E-state index in [-0.39, 0.29) is 6.03 Å². The molecule has 0 unspecified atom stereocenters. The van der Waals surface area contributed by atoms with Gasteiger partial charge in [-0.15, -0.1) is 0 Å². The van der Waals surface area contributed by atoms with E-state index in [9.17, 15) is 4.79 Å². The highest BCUT2D eigenvalue weighted by Crippen LogP contribution is 2.24. The number of urea groups is 1. The maximum absolute atomic E-state index is 12.5. The average molecular weight is 383 g/mol. The first-order chi connectivity index (χ1) is 13.6. The predicted molar refractivity (Wildman–Crippen MR) is 112 cm³/mol. The predicted octanol–water partition coefficient (Wildman–Crippen LogP) is 3.09. The largest absolute Gasteiger partial charge is 0.497 e. The van der Waals surface area contributed by atoms with Crippen LogP contribution < -0.4 is 19.7 Å². The molecule has 1 N–H and O–H groups in total. The molecule has 0 atom stereocenters. The number of carbonyl (C=O) groups is 1. The molecule has 0 spiro atoms. The number of hydrogen-bond donors (Lipinski definition) is 1. The minimum absolute atomic E-state index is 0.00856. The fraction of sp³-hybridized carbons (Fsp3) is 0.409. The van der Waals surface area contributed by atoms with Crippen molar-refractivity contribution in [1.82, 2.24) is 10.2 Å². The van der Waals surface area contributed by atoms with E-state index in [1.165, 1.54) is 11.3 Å². The fourth-order valence-electron chi connectivity index (χ4n) is 3.49. The minimum atomic E-state index is -0.00856. The van der Waals surface area contributed by atoms with Gasteiger partial charge in [-0.1, -0.05) is 12.1 Å². The molecule has 6 heteroatoms. The maximum Gasteiger partial charge on any atom is 0.317 e. The Morgan fingerprint density at radius 1 is 1.04 bits per heavy atom. The molecule has 1 aliphatic rings. The van der Waals surface area contributed by atoms with Gasteiger partial charge in [0, 0.05) is 38.4 Å². The highest BCUT2D eigenvalue weighted by Gasteiger charge is 2.21. The third kappa shape index (κ3) is 4.88. The number of aryl methyl sites for hydroxylation is 1. The van der Waals surface area contributed by atoms with E-state index in [4.69, 9.17) is 9.47 Å². The van der Waals surface area contributed by atoms with Crippen LogP contribution in [0.2, 0.25) is 0 Å². The van der Waals surface area contributed by atoms with Crippen molar-refractivity contribution in [2.24, 2.45) is 0 Å². The lowest BCUT2D eigenvalue weighted by atomic mass is 10.1. The molecule has 1 aliphatic heterocycles. The van der Waals surface area contributed by atoms with Crippen LogP contribution in [-0.4, -0.2) is 57.9 Å². The zero-order valence-corrected chi connectivity index (χ0v) is 16.9. The van der Waals surface area contributed by atoms with Crippen molar-refractivity contribution < 1.29 is 14.3 Å². The van der Waals surface area contributed by atoms with Crippen LogP contribution in [0.1, 0.15) is 11.1 Å². The average Bonchev–Trinajstić information content (AvgIpc) is 2.73. The molecule has 0 aromatic heterocycles. The Kier molecular flexibility index (Phi) is 6.63. The number of nitrogens with one attached hydrogen (secondary N) is 1. The Labute approximate surface area is 167 Å². The first-order valence-corrected chi connectivity index (χ1v) is 9.66. The number of nitrogens with zero attached hydrogens (tertiary/aromatic N) is 2. The number of methoxy groups -OCH3 is 2. The minimum Gasteiger partial charge on any atom is -0.497 e. The highest BCUT2D eigenvalue weighted by molar-refractivity contribution is 5.74. The standard InChI is InChI=1S/C22H29N3O3/c1-17-5-4-6-19(15-17)24-11-13-25(14-12-24)22(26)23-10-9-18-16-20(27-2)7-8-21(18)28-3/h4-8,15-16H,9-14H2,1-3H3,(H,23,26). The topological polar surface area (TPSA) is 54.0 Å². The second-order valence-corrected chi connectivity index (χ2v) is 6.97. The number of ether oxygens (including phenoxy) is 2. The summed E-state index contributed by atoms with van der Waals surface area (Å²) in [7, 11) is 3.29. The zero-order valence-electron chi connectivity index (χ0n) is 16.9. The van der Waals surface area contributed by atoms with Crippen molar-refractivity contribution in [3.8, 4) is 11.5 Å². The number of piperazine rings is 1. The Balaban J connectivity index is 1.47. The van der Waals surface area contributed by atoms with Crippen LogP contribution in [0.5, 0.6) is 11.5 Å². The van der Waals surface area contributed by atoms with Gasteiger partial charge in [-0.05, 0) is 54.8 Å². The zero-order chi connectivity index (χ0) is 19.9. The molecule has 2 aromatic carbocycles. The monoisotopic (exact) mass is 383 g/mol. The number of anilines is 1. The molecule has 3 rings (SSSR count). The molecular formula is C22H29N3O3. The third-order valence-electron chi connectivity index (χ3n) is 5.09. The maximum atomic E-state index is 12.5. The van der Waals surface area contributed by atoms with E-state index in [1.54, 1.807) is 14.2 Å². The van der Waals surface area contributed by atoms with Crippen LogP contribution in [0.4, 0.5) is 10.5 Å². The number of carbonyl (C=O) groups excluding carboxylic acids is 1. The molecule has 2 amide bonds. The van der Waals surface area contributed by atoms with Crippen molar-refractivity contribution in [3.63, 3.8) is 0 Å². The van der Waals surface area contributed by atoms with Crippen LogP contribution >= 0.6 is 0 Å². The Hall–Kier alpha value is -2.89. The molecule has 150 valence electrons. The van der Waals surface area contributed by atoms with Crippen molar-refractivity contribution in [1.29, 1.82) is 0 Å². The van der Waals surface area contributed by atoms with Gasteiger partial charge in [-0.3, -0.25) is 0 Å². The fourth-order valence-corrected chi connectivity index (χ4v) is 3.49. The number of rotatable bonds is 6. The van der Waals surface area contributed by atoms with Crippen LogP contribution in [-0.2, 0) is 6.42 Å². The highest BCUT2D eigenvalue weighted by atomic mass is 16.5. The van der Waals surface area contributed by atoms with Crippen LogP contribution in [0, 0.1) is 6.92 Å². The van der Waals surface area contributed by atoms with Crippen molar-refractivity contribution in [2.75, 3.05) is 51.8 Å². The second-order valence-electron chi connectivity index (χ2n) is 6.97. The SMILES string of the molecule is COc1ccc(OC)c(CCNC(=O)N2CCN(c3cccc(C)c3)CC2)c1. The molecule has 1 fully saturated rings. The Morgan fingerprint density at radius 3 is 2.50 bits per heavy atom. The summed E-state index contributed by atoms with van der Waals surface area (Å²) in [5.41, 5.74) is 3.50. The number of amides is 2. The second kappa shape index (κ2) is 9.35. The Bertz CT molecular complexity index is 801. The molecule has 2 aromatic rings. The summed E-state index contributed by atoms with van der Waals surface area (Å²) in [6, 6.07) is 14.2. The van der Waals surface area contributed by atoms with Gasteiger partial charge < -0.3 is 24.6 Å². The van der Waals surface area contributed by atoms with Gasteiger partial charge in [0.05, 0.1) is 14.2 Å². The molecule has 6 nitrogen and oxygen atoms in total. The quantitative estimate of drug-likeness (QED) is 0.833. The van der Waals surface area contributed by atoms with Crippen LogP contribution in [0.15, 0.2) is 42.5 Å². The molecular weight excluding hydrogens is 354 g/mol. The third-order valence-corrected chi connectivity index (χ3v) is 5.09. The van der Waals surface area contributed by atoms with Crippen LogP contribution in [0.25, 0.3) is 0 Å². The number of benzene rings is 2. The van der Waals surface area contributed by atoms with Gasteiger partial charge in [0.15, 0.2) is 0 Å².